The van der Waals surface area contributed by atoms with E-state index in [0.29, 0.717) is 24.6 Å². The number of rotatable bonds is 8. The second-order valence-corrected chi connectivity index (χ2v) is 7.52. The van der Waals surface area contributed by atoms with Crippen LogP contribution in [0.4, 0.5) is 0 Å². The maximum absolute atomic E-state index is 12.8. The number of hydrogen-bond acceptors (Lipinski definition) is 6. The summed E-state index contributed by atoms with van der Waals surface area (Å²) in [5, 5.41) is 4.09. The van der Waals surface area contributed by atoms with E-state index in [4.69, 9.17) is 9.26 Å². The van der Waals surface area contributed by atoms with Crippen LogP contribution < -0.4 is 4.74 Å². The molecule has 1 amide bonds. The van der Waals surface area contributed by atoms with Crippen LogP contribution in [-0.2, 0) is 17.6 Å². The Kier molecular flexibility index (Phi) is 6.37. The molecule has 30 heavy (non-hydrogen) atoms. The van der Waals surface area contributed by atoms with Crippen molar-refractivity contribution in [3.63, 3.8) is 0 Å². The molecule has 0 aliphatic carbocycles. The molecule has 3 aromatic rings. The first-order valence-electron chi connectivity index (χ1n) is 10.4. The highest BCUT2D eigenvalue weighted by molar-refractivity contribution is 5.77. The van der Waals surface area contributed by atoms with Gasteiger partial charge in [-0.1, -0.05) is 17.3 Å². The minimum absolute atomic E-state index is 0.221. The van der Waals surface area contributed by atoms with Gasteiger partial charge in [0, 0.05) is 43.4 Å². The van der Waals surface area contributed by atoms with Gasteiger partial charge in [-0.3, -0.25) is 9.78 Å². The number of carbonyl (C=O) groups is 1. The van der Waals surface area contributed by atoms with E-state index in [9.17, 15) is 4.79 Å². The third kappa shape index (κ3) is 4.84. The number of pyridine rings is 1. The van der Waals surface area contributed by atoms with Gasteiger partial charge in [-0.25, -0.2) is 0 Å². The van der Waals surface area contributed by atoms with E-state index in [1.54, 1.807) is 19.5 Å². The first-order valence-corrected chi connectivity index (χ1v) is 10.4. The molecule has 1 fully saturated rings. The molecule has 0 bridgehead atoms. The van der Waals surface area contributed by atoms with Crippen LogP contribution >= 0.6 is 0 Å². The van der Waals surface area contributed by atoms with E-state index >= 15 is 0 Å². The molecule has 156 valence electrons. The smallest absolute Gasteiger partial charge is 0.258 e. The number of nitrogens with zero attached hydrogens (tertiary/aromatic N) is 4. The Labute approximate surface area is 176 Å². The van der Waals surface area contributed by atoms with Crippen molar-refractivity contribution in [1.29, 1.82) is 0 Å². The molecule has 1 aliphatic heterocycles. The van der Waals surface area contributed by atoms with E-state index in [1.165, 1.54) is 0 Å². The standard InChI is InChI=1S/C23H26N4O3/c1-29-20-8-4-17(5-9-20)6-11-22(28)27-16-2-3-19(27)7-10-21-25-23(30-26-21)18-12-14-24-15-13-18/h4-5,8-9,12-15,19H,2-3,6-7,10-11,16H2,1H3. The van der Waals surface area contributed by atoms with E-state index in [2.05, 4.69) is 15.1 Å². The quantitative estimate of drug-likeness (QED) is 0.567. The minimum Gasteiger partial charge on any atom is -0.497 e. The summed E-state index contributed by atoms with van der Waals surface area (Å²) in [6, 6.07) is 11.8. The molecule has 0 radical (unpaired) electrons. The van der Waals surface area contributed by atoms with Gasteiger partial charge >= 0.3 is 0 Å². The Bertz CT molecular complexity index is 956. The molecule has 1 atom stereocenters. The summed E-state index contributed by atoms with van der Waals surface area (Å²) in [6.07, 6.45) is 8.30. The molecule has 3 heterocycles. The SMILES string of the molecule is COc1ccc(CCC(=O)N2CCCC2CCc2noc(-c3ccncc3)n2)cc1. The van der Waals surface area contributed by atoms with Crippen LogP contribution in [-0.4, -0.2) is 45.6 Å². The zero-order valence-electron chi connectivity index (χ0n) is 17.2. The van der Waals surface area contributed by atoms with Crippen LogP contribution in [0.2, 0.25) is 0 Å². The van der Waals surface area contributed by atoms with Gasteiger partial charge in [0.2, 0.25) is 5.91 Å². The molecule has 1 unspecified atom stereocenters. The number of hydrogen-bond donors (Lipinski definition) is 0. The minimum atomic E-state index is 0.221. The highest BCUT2D eigenvalue weighted by Gasteiger charge is 2.28. The Morgan fingerprint density at radius 2 is 1.97 bits per heavy atom. The van der Waals surface area contributed by atoms with Gasteiger partial charge in [-0.15, -0.1) is 0 Å². The fourth-order valence-corrected chi connectivity index (χ4v) is 3.91. The number of carbonyl (C=O) groups excluding carboxylic acids is 1. The molecule has 4 rings (SSSR count). The predicted octanol–water partition coefficient (Wildman–Crippen LogP) is 3.70. The van der Waals surface area contributed by atoms with Gasteiger partial charge < -0.3 is 14.2 Å². The molecule has 7 nitrogen and oxygen atoms in total. The lowest BCUT2D eigenvalue weighted by molar-refractivity contribution is -0.132. The number of likely N-dealkylation sites (tertiary alicyclic amines) is 1. The fourth-order valence-electron chi connectivity index (χ4n) is 3.91. The Morgan fingerprint density at radius 1 is 1.17 bits per heavy atom. The third-order valence-electron chi connectivity index (χ3n) is 5.58. The Morgan fingerprint density at radius 3 is 2.73 bits per heavy atom. The Hall–Kier alpha value is -3.22. The van der Waals surface area contributed by atoms with Crippen molar-refractivity contribution >= 4 is 5.91 Å². The van der Waals surface area contributed by atoms with Crippen LogP contribution in [0.5, 0.6) is 5.75 Å². The van der Waals surface area contributed by atoms with Crippen molar-refractivity contribution in [3.8, 4) is 17.2 Å². The van der Waals surface area contributed by atoms with Crippen LogP contribution in [0.25, 0.3) is 11.5 Å². The summed E-state index contributed by atoms with van der Waals surface area (Å²) in [4.78, 5) is 23.3. The molecule has 0 N–H and O–H groups in total. The summed E-state index contributed by atoms with van der Waals surface area (Å²) in [7, 11) is 1.65. The number of amides is 1. The summed E-state index contributed by atoms with van der Waals surface area (Å²) in [5.41, 5.74) is 2.01. The molecule has 1 aliphatic rings. The highest BCUT2D eigenvalue weighted by Crippen LogP contribution is 2.24. The summed E-state index contributed by atoms with van der Waals surface area (Å²) in [5.74, 6) is 2.24. The first-order chi connectivity index (χ1) is 14.7. The Balaban J connectivity index is 1.29. The lowest BCUT2D eigenvalue weighted by Gasteiger charge is -2.24. The monoisotopic (exact) mass is 406 g/mol. The van der Waals surface area contributed by atoms with Crippen molar-refractivity contribution in [2.45, 2.75) is 44.6 Å². The van der Waals surface area contributed by atoms with E-state index in [1.807, 2.05) is 41.3 Å². The van der Waals surface area contributed by atoms with Crippen molar-refractivity contribution in [1.82, 2.24) is 20.0 Å². The van der Waals surface area contributed by atoms with E-state index < -0.39 is 0 Å². The second-order valence-electron chi connectivity index (χ2n) is 7.52. The van der Waals surface area contributed by atoms with E-state index in [-0.39, 0.29) is 11.9 Å². The lowest BCUT2D eigenvalue weighted by atomic mass is 10.1. The van der Waals surface area contributed by atoms with Crippen molar-refractivity contribution in [2.75, 3.05) is 13.7 Å². The van der Waals surface area contributed by atoms with Gasteiger partial charge in [0.25, 0.3) is 5.89 Å². The zero-order valence-corrected chi connectivity index (χ0v) is 17.2. The van der Waals surface area contributed by atoms with Crippen molar-refractivity contribution in [2.24, 2.45) is 0 Å². The van der Waals surface area contributed by atoms with Crippen molar-refractivity contribution < 1.29 is 14.1 Å². The van der Waals surface area contributed by atoms with Crippen LogP contribution in [0.15, 0.2) is 53.3 Å². The number of aryl methyl sites for hydroxylation is 2. The number of methoxy groups -OCH3 is 1. The average Bonchev–Trinajstić information content (AvgIpc) is 3.46. The summed E-state index contributed by atoms with van der Waals surface area (Å²) in [6.45, 7) is 0.834. The maximum Gasteiger partial charge on any atom is 0.258 e. The van der Waals surface area contributed by atoms with Crippen LogP contribution in [0.1, 0.15) is 37.1 Å². The first kappa shape index (κ1) is 20.1. The van der Waals surface area contributed by atoms with Crippen LogP contribution in [0.3, 0.4) is 0 Å². The van der Waals surface area contributed by atoms with Gasteiger partial charge in [0.15, 0.2) is 5.82 Å². The zero-order chi connectivity index (χ0) is 20.8. The number of ether oxygens (including phenoxy) is 1. The molecule has 7 heteroatoms. The molecule has 1 saturated heterocycles. The third-order valence-corrected chi connectivity index (χ3v) is 5.58. The van der Waals surface area contributed by atoms with Crippen molar-refractivity contribution in [3.05, 3.63) is 60.2 Å². The molecule has 2 aromatic heterocycles. The molecular weight excluding hydrogens is 380 g/mol. The van der Waals surface area contributed by atoms with Gasteiger partial charge in [-0.05, 0) is 55.5 Å². The number of benzene rings is 1. The fraction of sp³-hybridized carbons (Fsp3) is 0.391. The molecule has 0 spiro atoms. The normalized spacial score (nSPS) is 16.0. The van der Waals surface area contributed by atoms with Gasteiger partial charge in [0.05, 0.1) is 7.11 Å². The summed E-state index contributed by atoms with van der Waals surface area (Å²) < 4.78 is 10.6. The molecular formula is C23H26N4O3. The highest BCUT2D eigenvalue weighted by atomic mass is 16.5. The number of aromatic nitrogens is 3. The largest absolute Gasteiger partial charge is 0.497 e. The maximum atomic E-state index is 12.8. The van der Waals surface area contributed by atoms with E-state index in [0.717, 1.165) is 49.1 Å². The lowest BCUT2D eigenvalue weighted by Crippen LogP contribution is -2.36. The summed E-state index contributed by atoms with van der Waals surface area (Å²) >= 11 is 0. The predicted molar refractivity (Wildman–Crippen MR) is 112 cm³/mol. The molecule has 1 aromatic carbocycles. The topological polar surface area (TPSA) is 81.4 Å². The van der Waals surface area contributed by atoms with Crippen LogP contribution in [0, 0.1) is 0 Å². The average molecular weight is 406 g/mol. The second kappa shape index (κ2) is 9.52. The van der Waals surface area contributed by atoms with Gasteiger partial charge in [0.1, 0.15) is 5.75 Å². The molecule has 0 saturated carbocycles. The van der Waals surface area contributed by atoms with Gasteiger partial charge in [-0.2, -0.15) is 4.98 Å².